The van der Waals surface area contributed by atoms with E-state index in [4.69, 9.17) is 4.42 Å². The van der Waals surface area contributed by atoms with E-state index in [1.54, 1.807) is 6.07 Å². The average molecular weight is 349 g/mol. The molecule has 1 amide bonds. The summed E-state index contributed by atoms with van der Waals surface area (Å²) < 4.78 is 7.54. The summed E-state index contributed by atoms with van der Waals surface area (Å²) in [6.45, 7) is 3.97. The fourth-order valence-electron chi connectivity index (χ4n) is 3.02. The van der Waals surface area contributed by atoms with Gasteiger partial charge >= 0.3 is 0 Å². The number of hydrogen-bond acceptors (Lipinski definition) is 5. The number of fused-ring (bicyclic) bond motifs is 2. The number of furan rings is 1. The Labute approximate surface area is 150 Å². The molecule has 0 aliphatic carbocycles. The Kier molecular flexibility index (Phi) is 4.12. The summed E-state index contributed by atoms with van der Waals surface area (Å²) in [6, 6.07) is 10.8. The van der Waals surface area contributed by atoms with E-state index in [1.165, 1.54) is 0 Å². The van der Waals surface area contributed by atoms with Crippen LogP contribution in [0, 0.1) is 6.92 Å². The normalized spacial score (nSPS) is 12.5. The van der Waals surface area contributed by atoms with Crippen LogP contribution in [0.3, 0.4) is 0 Å². The molecule has 132 valence electrons. The van der Waals surface area contributed by atoms with Gasteiger partial charge in [-0.1, -0.05) is 19.4 Å². The van der Waals surface area contributed by atoms with Crippen molar-refractivity contribution in [3.8, 4) is 0 Å². The number of hydrogen-bond donors (Lipinski definition) is 1. The Morgan fingerprint density at radius 3 is 3.00 bits per heavy atom. The van der Waals surface area contributed by atoms with Crippen molar-refractivity contribution in [3.05, 3.63) is 59.9 Å². The molecule has 0 radical (unpaired) electrons. The zero-order valence-electron chi connectivity index (χ0n) is 14.6. The van der Waals surface area contributed by atoms with Crippen molar-refractivity contribution in [2.24, 2.45) is 0 Å². The van der Waals surface area contributed by atoms with Gasteiger partial charge in [0.2, 0.25) is 0 Å². The molecule has 0 fully saturated rings. The van der Waals surface area contributed by atoms with E-state index in [0.717, 1.165) is 24.2 Å². The van der Waals surface area contributed by atoms with Gasteiger partial charge in [0, 0.05) is 18.0 Å². The predicted molar refractivity (Wildman–Crippen MR) is 96.8 cm³/mol. The molecule has 4 aromatic rings. The van der Waals surface area contributed by atoms with Gasteiger partial charge in [0.25, 0.3) is 5.91 Å². The van der Waals surface area contributed by atoms with Crippen molar-refractivity contribution in [1.82, 2.24) is 24.9 Å². The molecule has 4 heterocycles. The second-order valence-electron chi connectivity index (χ2n) is 6.25. The van der Waals surface area contributed by atoms with E-state index in [9.17, 15) is 4.79 Å². The SMILES string of the molecule is CCC[C@H](NC(=O)c1cc2nc(C)ccc2o1)c1nnc2ccccn12. The van der Waals surface area contributed by atoms with Crippen LogP contribution in [0.15, 0.2) is 47.0 Å². The van der Waals surface area contributed by atoms with E-state index >= 15 is 0 Å². The van der Waals surface area contributed by atoms with Gasteiger partial charge in [0.15, 0.2) is 22.8 Å². The topological polar surface area (TPSA) is 85.3 Å². The van der Waals surface area contributed by atoms with Crippen LogP contribution in [0.2, 0.25) is 0 Å². The number of amides is 1. The summed E-state index contributed by atoms with van der Waals surface area (Å²) in [7, 11) is 0. The number of aromatic nitrogens is 4. The summed E-state index contributed by atoms with van der Waals surface area (Å²) in [5, 5.41) is 11.5. The van der Waals surface area contributed by atoms with Crippen LogP contribution in [0.25, 0.3) is 16.7 Å². The van der Waals surface area contributed by atoms with Gasteiger partial charge in [0.05, 0.1) is 6.04 Å². The highest BCUT2D eigenvalue weighted by Gasteiger charge is 2.22. The van der Waals surface area contributed by atoms with Crippen LogP contribution in [0.1, 0.15) is 47.9 Å². The molecule has 0 saturated carbocycles. The molecule has 7 nitrogen and oxygen atoms in total. The Morgan fingerprint density at radius 1 is 1.27 bits per heavy atom. The number of pyridine rings is 2. The van der Waals surface area contributed by atoms with E-state index < -0.39 is 0 Å². The number of carbonyl (C=O) groups is 1. The summed E-state index contributed by atoms with van der Waals surface area (Å²) in [6.07, 6.45) is 3.54. The minimum Gasteiger partial charge on any atom is -0.449 e. The third-order valence-corrected chi connectivity index (χ3v) is 4.27. The highest BCUT2D eigenvalue weighted by Crippen LogP contribution is 2.21. The molecule has 26 heavy (non-hydrogen) atoms. The quantitative estimate of drug-likeness (QED) is 0.596. The van der Waals surface area contributed by atoms with Crippen molar-refractivity contribution < 1.29 is 9.21 Å². The summed E-state index contributed by atoms with van der Waals surface area (Å²) in [4.78, 5) is 17.1. The summed E-state index contributed by atoms with van der Waals surface area (Å²) in [5.41, 5.74) is 2.90. The van der Waals surface area contributed by atoms with Gasteiger partial charge in [-0.3, -0.25) is 9.20 Å². The molecule has 1 atom stereocenters. The fourth-order valence-corrected chi connectivity index (χ4v) is 3.02. The standard InChI is InChI=1S/C19H19N5O2/c1-3-6-13(18-23-22-17-7-4-5-10-24(17)18)21-19(25)16-11-14-15(26-16)9-8-12(2)20-14/h4-5,7-11,13H,3,6H2,1-2H3,(H,21,25)/t13-/m0/s1. The maximum Gasteiger partial charge on any atom is 0.287 e. The van der Waals surface area contributed by atoms with E-state index in [0.29, 0.717) is 16.9 Å². The smallest absolute Gasteiger partial charge is 0.287 e. The van der Waals surface area contributed by atoms with E-state index in [-0.39, 0.29) is 17.7 Å². The van der Waals surface area contributed by atoms with Crippen molar-refractivity contribution in [3.63, 3.8) is 0 Å². The Hall–Kier alpha value is -3.22. The summed E-state index contributed by atoms with van der Waals surface area (Å²) in [5.74, 6) is 0.667. The summed E-state index contributed by atoms with van der Waals surface area (Å²) >= 11 is 0. The largest absolute Gasteiger partial charge is 0.449 e. The lowest BCUT2D eigenvalue weighted by atomic mass is 10.1. The van der Waals surface area contributed by atoms with Crippen molar-refractivity contribution in [1.29, 1.82) is 0 Å². The molecule has 0 bridgehead atoms. The highest BCUT2D eigenvalue weighted by atomic mass is 16.3. The molecule has 0 spiro atoms. The molecule has 4 rings (SSSR count). The highest BCUT2D eigenvalue weighted by molar-refractivity contribution is 5.95. The molecular formula is C19H19N5O2. The number of nitrogens with zero attached hydrogens (tertiary/aromatic N) is 4. The van der Waals surface area contributed by atoms with Crippen molar-refractivity contribution in [2.75, 3.05) is 0 Å². The number of rotatable bonds is 5. The Morgan fingerprint density at radius 2 is 2.15 bits per heavy atom. The second-order valence-corrected chi connectivity index (χ2v) is 6.25. The molecule has 0 unspecified atom stereocenters. The number of nitrogens with one attached hydrogen (secondary N) is 1. The van der Waals surface area contributed by atoms with Crippen LogP contribution in [0.4, 0.5) is 0 Å². The van der Waals surface area contributed by atoms with Gasteiger partial charge < -0.3 is 9.73 Å². The van der Waals surface area contributed by atoms with Crippen LogP contribution in [0.5, 0.6) is 0 Å². The number of aryl methyl sites for hydroxylation is 1. The molecule has 0 saturated heterocycles. The maximum absolute atomic E-state index is 12.7. The molecule has 1 N–H and O–H groups in total. The van der Waals surface area contributed by atoms with Crippen molar-refractivity contribution >= 4 is 22.7 Å². The molecule has 0 aliphatic heterocycles. The van der Waals surface area contributed by atoms with E-state index in [1.807, 2.05) is 47.9 Å². The zero-order valence-corrected chi connectivity index (χ0v) is 14.6. The Bertz CT molecular complexity index is 1080. The van der Waals surface area contributed by atoms with Gasteiger partial charge in [-0.15, -0.1) is 10.2 Å². The van der Waals surface area contributed by atoms with Gasteiger partial charge in [-0.05, 0) is 37.6 Å². The average Bonchev–Trinajstić information content (AvgIpc) is 3.25. The molecule has 7 heteroatoms. The monoisotopic (exact) mass is 349 g/mol. The first kappa shape index (κ1) is 16.3. The molecular weight excluding hydrogens is 330 g/mol. The first-order valence-corrected chi connectivity index (χ1v) is 8.63. The lowest BCUT2D eigenvalue weighted by Gasteiger charge is -2.15. The molecule has 4 aromatic heterocycles. The molecule has 0 aromatic carbocycles. The van der Waals surface area contributed by atoms with E-state index in [2.05, 4.69) is 27.4 Å². The van der Waals surface area contributed by atoms with Gasteiger partial charge in [0.1, 0.15) is 5.52 Å². The zero-order chi connectivity index (χ0) is 18.1. The lowest BCUT2D eigenvalue weighted by molar-refractivity contribution is 0.0906. The minimum absolute atomic E-state index is 0.244. The van der Waals surface area contributed by atoms with Crippen molar-refractivity contribution in [2.45, 2.75) is 32.7 Å². The van der Waals surface area contributed by atoms with Crippen LogP contribution in [-0.4, -0.2) is 25.5 Å². The maximum atomic E-state index is 12.7. The van der Waals surface area contributed by atoms with Gasteiger partial charge in [-0.2, -0.15) is 0 Å². The number of carbonyl (C=O) groups excluding carboxylic acids is 1. The predicted octanol–water partition coefficient (Wildman–Crippen LogP) is 3.45. The fraction of sp³-hybridized carbons (Fsp3) is 0.263. The third kappa shape index (κ3) is 2.92. The third-order valence-electron chi connectivity index (χ3n) is 4.27. The van der Waals surface area contributed by atoms with Crippen LogP contribution in [-0.2, 0) is 0 Å². The van der Waals surface area contributed by atoms with Crippen LogP contribution < -0.4 is 5.32 Å². The first-order chi connectivity index (χ1) is 12.7. The lowest BCUT2D eigenvalue weighted by Crippen LogP contribution is -2.29. The molecule has 0 aliphatic rings. The second kappa shape index (κ2) is 6.59. The Balaban J connectivity index is 1.64. The minimum atomic E-state index is -0.285. The van der Waals surface area contributed by atoms with Gasteiger partial charge in [-0.25, -0.2) is 4.98 Å². The first-order valence-electron chi connectivity index (χ1n) is 8.63. The van der Waals surface area contributed by atoms with Crippen LogP contribution >= 0.6 is 0 Å².